The second kappa shape index (κ2) is 3.45. The Bertz CT molecular complexity index is 375. The molecule has 1 heterocycles. The molecule has 1 atom stereocenters. The summed E-state index contributed by atoms with van der Waals surface area (Å²) in [5.41, 5.74) is 0.862. The Hall–Kier alpha value is -1.91. The molecular formula is C9H8N2O3. The highest BCUT2D eigenvalue weighted by atomic mass is 16.7. The molecule has 0 saturated heterocycles. The monoisotopic (exact) mass is 192 g/mol. The van der Waals surface area contributed by atoms with Crippen LogP contribution in [0.2, 0.25) is 0 Å². The molecule has 1 aromatic carbocycles. The molecule has 0 spiro atoms. The van der Waals surface area contributed by atoms with Gasteiger partial charge in [-0.05, 0) is 10.5 Å². The van der Waals surface area contributed by atoms with E-state index < -0.39 is 4.92 Å². The van der Waals surface area contributed by atoms with Crippen molar-refractivity contribution in [1.82, 2.24) is 0 Å². The molecule has 1 aromatic rings. The minimum absolute atomic E-state index is 0.115. The van der Waals surface area contributed by atoms with Gasteiger partial charge in [-0.2, -0.15) is 0 Å². The van der Waals surface area contributed by atoms with Crippen LogP contribution >= 0.6 is 0 Å². The zero-order valence-corrected chi connectivity index (χ0v) is 7.29. The number of oxime groups is 1. The highest BCUT2D eigenvalue weighted by Crippen LogP contribution is 2.22. The Morgan fingerprint density at radius 3 is 2.79 bits per heavy atom. The molecule has 1 aliphatic heterocycles. The Morgan fingerprint density at radius 2 is 2.14 bits per heavy atom. The van der Waals surface area contributed by atoms with E-state index in [1.807, 2.05) is 30.3 Å². The third-order valence-electron chi connectivity index (χ3n) is 2.10. The molecule has 2 rings (SSSR count). The molecule has 0 fully saturated rings. The van der Waals surface area contributed by atoms with Crippen LogP contribution in [0.4, 0.5) is 0 Å². The molecule has 14 heavy (non-hydrogen) atoms. The lowest BCUT2D eigenvalue weighted by atomic mass is 10.00. The second-order valence-corrected chi connectivity index (χ2v) is 2.97. The number of nitro groups is 1. The predicted molar refractivity (Wildman–Crippen MR) is 49.6 cm³/mol. The molecule has 0 N–H and O–H groups in total. The average molecular weight is 192 g/mol. The maximum absolute atomic E-state index is 10.6. The SMILES string of the molecule is O=[N+]([O-])C1=NOCC1c1ccccc1. The third kappa shape index (κ3) is 1.44. The summed E-state index contributed by atoms with van der Waals surface area (Å²) in [5, 5.41) is 14.0. The molecule has 0 amide bonds. The van der Waals surface area contributed by atoms with E-state index in [-0.39, 0.29) is 18.4 Å². The molecule has 0 radical (unpaired) electrons. The maximum atomic E-state index is 10.6. The highest BCUT2D eigenvalue weighted by Gasteiger charge is 2.35. The number of amidine groups is 1. The first kappa shape index (κ1) is 8.68. The van der Waals surface area contributed by atoms with Gasteiger partial charge in [0.2, 0.25) is 0 Å². The molecule has 1 aliphatic rings. The van der Waals surface area contributed by atoms with Crippen molar-refractivity contribution in [1.29, 1.82) is 0 Å². The second-order valence-electron chi connectivity index (χ2n) is 2.97. The summed E-state index contributed by atoms with van der Waals surface area (Å²) >= 11 is 0. The number of nitrogens with zero attached hydrogens (tertiary/aromatic N) is 2. The largest absolute Gasteiger partial charge is 0.396 e. The van der Waals surface area contributed by atoms with Gasteiger partial charge in [-0.25, -0.2) is 0 Å². The fraction of sp³-hybridized carbons (Fsp3) is 0.222. The molecular weight excluding hydrogens is 184 g/mol. The summed E-state index contributed by atoms with van der Waals surface area (Å²) in [7, 11) is 0. The lowest BCUT2D eigenvalue weighted by Gasteiger charge is -2.04. The van der Waals surface area contributed by atoms with Crippen molar-refractivity contribution in [3.05, 3.63) is 46.0 Å². The van der Waals surface area contributed by atoms with Crippen LogP contribution in [0, 0.1) is 10.1 Å². The van der Waals surface area contributed by atoms with Crippen molar-refractivity contribution in [2.24, 2.45) is 5.16 Å². The van der Waals surface area contributed by atoms with Gasteiger partial charge in [0.15, 0.2) is 11.8 Å². The number of benzene rings is 1. The van der Waals surface area contributed by atoms with Gasteiger partial charge in [0.05, 0.1) is 0 Å². The minimum atomic E-state index is -0.495. The van der Waals surface area contributed by atoms with Gasteiger partial charge in [-0.15, -0.1) is 0 Å². The number of rotatable bonds is 1. The Morgan fingerprint density at radius 1 is 1.43 bits per heavy atom. The first-order valence-electron chi connectivity index (χ1n) is 4.18. The van der Waals surface area contributed by atoms with E-state index in [1.54, 1.807) is 0 Å². The van der Waals surface area contributed by atoms with Crippen LogP contribution in [0.25, 0.3) is 0 Å². The van der Waals surface area contributed by atoms with Crippen LogP contribution in [0.1, 0.15) is 11.5 Å². The maximum Gasteiger partial charge on any atom is 0.396 e. The molecule has 0 saturated carbocycles. The fourth-order valence-electron chi connectivity index (χ4n) is 1.41. The van der Waals surface area contributed by atoms with Crippen molar-refractivity contribution in [2.45, 2.75) is 5.92 Å². The van der Waals surface area contributed by atoms with Gasteiger partial charge in [-0.1, -0.05) is 30.3 Å². The molecule has 1 unspecified atom stereocenters. The Kier molecular flexibility index (Phi) is 2.14. The molecule has 72 valence electrons. The summed E-state index contributed by atoms with van der Waals surface area (Å²) in [6, 6.07) is 9.20. The smallest absolute Gasteiger partial charge is 0.358 e. The molecule has 0 bridgehead atoms. The molecule has 5 nitrogen and oxygen atoms in total. The minimum Gasteiger partial charge on any atom is -0.358 e. The topological polar surface area (TPSA) is 64.7 Å². The fourth-order valence-corrected chi connectivity index (χ4v) is 1.41. The highest BCUT2D eigenvalue weighted by molar-refractivity contribution is 5.82. The quantitative estimate of drug-likeness (QED) is 0.498. The van der Waals surface area contributed by atoms with Gasteiger partial charge in [-0.3, -0.25) is 4.84 Å². The van der Waals surface area contributed by atoms with E-state index in [0.29, 0.717) is 0 Å². The van der Waals surface area contributed by atoms with Crippen LogP contribution in [0.15, 0.2) is 35.5 Å². The Labute approximate surface area is 80.1 Å². The van der Waals surface area contributed by atoms with Crippen LogP contribution in [-0.4, -0.2) is 17.4 Å². The summed E-state index contributed by atoms with van der Waals surface area (Å²) in [6.45, 7) is 0.250. The van der Waals surface area contributed by atoms with E-state index in [9.17, 15) is 10.1 Å². The van der Waals surface area contributed by atoms with Crippen LogP contribution < -0.4 is 0 Å². The number of hydrogen-bond acceptors (Lipinski definition) is 4. The first-order chi connectivity index (χ1) is 6.79. The standard InChI is InChI=1S/C9H8N2O3/c12-11(13)9-8(6-14-10-9)7-4-2-1-3-5-7/h1-5,8H,6H2. The summed E-state index contributed by atoms with van der Waals surface area (Å²) in [6.07, 6.45) is 0. The summed E-state index contributed by atoms with van der Waals surface area (Å²) in [4.78, 5) is 14.8. The predicted octanol–water partition coefficient (Wildman–Crippen LogP) is 1.39. The van der Waals surface area contributed by atoms with E-state index in [0.717, 1.165) is 5.56 Å². The van der Waals surface area contributed by atoms with Gasteiger partial charge >= 0.3 is 5.84 Å². The number of hydrogen-bond donors (Lipinski definition) is 0. The zero-order valence-electron chi connectivity index (χ0n) is 7.29. The molecule has 0 aliphatic carbocycles. The van der Waals surface area contributed by atoms with Crippen LogP contribution in [0.5, 0.6) is 0 Å². The van der Waals surface area contributed by atoms with E-state index >= 15 is 0 Å². The van der Waals surface area contributed by atoms with Gasteiger partial charge in [0.25, 0.3) is 0 Å². The lowest BCUT2D eigenvalue weighted by molar-refractivity contribution is -0.354. The normalized spacial score (nSPS) is 20.0. The molecule has 0 aromatic heterocycles. The van der Waals surface area contributed by atoms with Crippen LogP contribution in [-0.2, 0) is 4.84 Å². The van der Waals surface area contributed by atoms with Crippen molar-refractivity contribution >= 4 is 5.84 Å². The molecule has 5 heteroatoms. The van der Waals surface area contributed by atoms with Gasteiger partial charge in [0.1, 0.15) is 5.92 Å². The first-order valence-corrected chi connectivity index (χ1v) is 4.18. The summed E-state index contributed by atoms with van der Waals surface area (Å²) < 4.78 is 0. The lowest BCUT2D eigenvalue weighted by Crippen LogP contribution is -2.19. The third-order valence-corrected chi connectivity index (χ3v) is 2.10. The van der Waals surface area contributed by atoms with Crippen molar-refractivity contribution in [3.8, 4) is 0 Å². The van der Waals surface area contributed by atoms with E-state index in [4.69, 9.17) is 4.84 Å². The Balaban J connectivity index is 2.29. The van der Waals surface area contributed by atoms with Crippen molar-refractivity contribution in [3.63, 3.8) is 0 Å². The van der Waals surface area contributed by atoms with E-state index in [2.05, 4.69) is 5.16 Å². The van der Waals surface area contributed by atoms with Crippen LogP contribution in [0.3, 0.4) is 0 Å². The van der Waals surface area contributed by atoms with Gasteiger partial charge < -0.3 is 10.1 Å². The zero-order chi connectivity index (χ0) is 9.97. The summed E-state index contributed by atoms with van der Waals surface area (Å²) in [5.74, 6) is -0.456. The van der Waals surface area contributed by atoms with Crippen molar-refractivity contribution in [2.75, 3.05) is 6.61 Å². The average Bonchev–Trinajstić information content (AvgIpc) is 2.67. The van der Waals surface area contributed by atoms with Gasteiger partial charge in [0, 0.05) is 0 Å². The van der Waals surface area contributed by atoms with E-state index in [1.165, 1.54) is 0 Å². The van der Waals surface area contributed by atoms with Crippen molar-refractivity contribution < 1.29 is 9.76 Å².